The summed E-state index contributed by atoms with van der Waals surface area (Å²) in [6.07, 6.45) is -4.63. The third-order valence-corrected chi connectivity index (χ3v) is 13.0. The molecule has 13 aromatic rings. The Kier molecular flexibility index (Phi) is 7.80. The van der Waals surface area contributed by atoms with Gasteiger partial charge in [0, 0.05) is 49.1 Å². The minimum Gasteiger partial charge on any atom is -0.455 e. The second-order valence-corrected chi connectivity index (χ2v) is 16.5. The van der Waals surface area contributed by atoms with Crippen LogP contribution in [0.3, 0.4) is 0 Å². The van der Waals surface area contributed by atoms with Gasteiger partial charge in [-0.2, -0.15) is 23.7 Å². The third kappa shape index (κ3) is 5.29. The number of fused-ring (bicyclic) bond motifs is 14. The van der Waals surface area contributed by atoms with Crippen LogP contribution < -0.4 is 0 Å². The minimum atomic E-state index is -4.63. The Morgan fingerprint density at radius 2 is 0.985 bits per heavy atom. The molecule has 0 atom stereocenters. The largest absolute Gasteiger partial charge is 0.455 e. The lowest BCUT2D eigenvalue weighted by Gasteiger charge is -2.19. The first-order chi connectivity index (χ1) is 32.3. The fraction of sp³-hybridized carbons (Fsp3) is 0.0175. The van der Waals surface area contributed by atoms with Crippen molar-refractivity contribution >= 4 is 87.5 Å². The van der Waals surface area contributed by atoms with Crippen LogP contribution in [0.2, 0.25) is 0 Å². The first kappa shape index (κ1) is 37.5. The van der Waals surface area contributed by atoms with E-state index in [2.05, 4.69) is 63.7 Å². The molecular formula is C57H29F3N4O2. The number of nitriles is 2. The van der Waals surface area contributed by atoms with E-state index in [-0.39, 0.29) is 5.56 Å². The van der Waals surface area contributed by atoms with Crippen molar-refractivity contribution < 1.29 is 22.0 Å². The zero-order valence-corrected chi connectivity index (χ0v) is 34.5. The van der Waals surface area contributed by atoms with Gasteiger partial charge in [-0.05, 0) is 102 Å². The summed E-state index contributed by atoms with van der Waals surface area (Å²) in [7, 11) is 0. The average Bonchev–Trinajstić information content (AvgIpc) is 4.11. The van der Waals surface area contributed by atoms with Crippen molar-refractivity contribution in [3.05, 3.63) is 193 Å². The number of furan rings is 2. The molecule has 6 nitrogen and oxygen atoms in total. The summed E-state index contributed by atoms with van der Waals surface area (Å²) in [5, 5.41) is 29.0. The zero-order chi connectivity index (χ0) is 44.4. The van der Waals surface area contributed by atoms with Crippen LogP contribution in [-0.2, 0) is 6.18 Å². The van der Waals surface area contributed by atoms with E-state index < -0.39 is 11.7 Å². The fourth-order valence-corrected chi connectivity index (χ4v) is 10.2. The van der Waals surface area contributed by atoms with E-state index >= 15 is 0 Å². The maximum atomic E-state index is 13.9. The molecule has 0 aliphatic heterocycles. The lowest BCUT2D eigenvalue weighted by Crippen LogP contribution is -2.05. The highest BCUT2D eigenvalue weighted by molar-refractivity contribution is 6.25. The summed E-state index contributed by atoms with van der Waals surface area (Å²) >= 11 is 0. The number of alkyl halides is 3. The summed E-state index contributed by atoms with van der Waals surface area (Å²) in [4.78, 5) is 0. The van der Waals surface area contributed by atoms with Gasteiger partial charge in [0.15, 0.2) is 0 Å². The zero-order valence-electron chi connectivity index (χ0n) is 34.5. The smallest absolute Gasteiger partial charge is 0.416 e. The molecule has 0 radical (unpaired) electrons. The van der Waals surface area contributed by atoms with E-state index in [0.29, 0.717) is 33.5 Å². The van der Waals surface area contributed by atoms with Gasteiger partial charge >= 0.3 is 6.18 Å². The van der Waals surface area contributed by atoms with Crippen LogP contribution in [0, 0.1) is 22.7 Å². The number of aromatic nitrogens is 2. The van der Waals surface area contributed by atoms with E-state index in [0.717, 1.165) is 105 Å². The second kappa shape index (κ2) is 13.7. The lowest BCUT2D eigenvalue weighted by atomic mass is 9.92. The van der Waals surface area contributed by atoms with Gasteiger partial charge in [0.2, 0.25) is 0 Å². The molecule has 4 aromatic heterocycles. The standard InChI is InChI=1S/C57H29F3N4O2/c58-57(59,60)35-19-21-37(34(27-35)31-62)32-18-24-48(64-47-14-6-2-12-43(47)54-50(64)26-23-41-39-10-4-8-16-52(39)66-56(41)54)45(28-32)44-29-36(20-17-33(44)30-61)63-46-13-5-1-11-42(46)53-49(63)25-22-40-38-9-3-7-15-51(38)65-55(40)53/h1-29H. The van der Waals surface area contributed by atoms with Crippen LogP contribution in [0.15, 0.2) is 185 Å². The van der Waals surface area contributed by atoms with Crippen molar-refractivity contribution in [2.75, 3.05) is 0 Å². The Labute approximate surface area is 372 Å². The topological polar surface area (TPSA) is 83.7 Å². The quantitative estimate of drug-likeness (QED) is 0.176. The number of halogens is 3. The van der Waals surface area contributed by atoms with Gasteiger partial charge in [-0.15, -0.1) is 0 Å². The van der Waals surface area contributed by atoms with Crippen LogP contribution in [0.25, 0.3) is 121 Å². The molecular weight excluding hydrogens is 830 g/mol. The fourth-order valence-electron chi connectivity index (χ4n) is 10.2. The molecule has 0 saturated heterocycles. The van der Waals surface area contributed by atoms with Crippen LogP contribution in [0.5, 0.6) is 0 Å². The molecule has 4 heterocycles. The van der Waals surface area contributed by atoms with E-state index in [1.165, 1.54) is 6.07 Å². The highest BCUT2D eigenvalue weighted by Gasteiger charge is 2.31. The SMILES string of the molecule is N#Cc1cc(C(F)(F)F)ccc1-c1ccc(-n2c3ccccc3c3c4oc5ccccc5c4ccc32)c(-c2cc(-n3c4ccccc4c4c5oc6ccccc6c5ccc43)ccc2C#N)c1. The second-order valence-electron chi connectivity index (χ2n) is 16.5. The van der Waals surface area contributed by atoms with Gasteiger partial charge in [0.05, 0.1) is 67.4 Å². The van der Waals surface area contributed by atoms with Crippen molar-refractivity contribution in [3.8, 4) is 45.8 Å². The molecule has 0 aliphatic rings. The molecule has 66 heavy (non-hydrogen) atoms. The maximum absolute atomic E-state index is 13.9. The average molecular weight is 859 g/mol. The molecule has 0 saturated carbocycles. The van der Waals surface area contributed by atoms with Crippen LogP contribution >= 0.6 is 0 Å². The molecule has 0 fully saturated rings. The molecule has 0 spiro atoms. The Morgan fingerprint density at radius 3 is 1.59 bits per heavy atom. The highest BCUT2D eigenvalue weighted by Crippen LogP contribution is 2.46. The van der Waals surface area contributed by atoms with E-state index in [9.17, 15) is 23.7 Å². The normalized spacial score (nSPS) is 12.1. The Morgan fingerprint density at radius 1 is 0.424 bits per heavy atom. The molecule has 0 bridgehead atoms. The summed E-state index contributed by atoms with van der Waals surface area (Å²) < 4.78 is 59.4. The molecule has 9 aromatic carbocycles. The van der Waals surface area contributed by atoms with Gasteiger partial charge in [-0.1, -0.05) is 84.9 Å². The third-order valence-electron chi connectivity index (χ3n) is 13.0. The number of hydrogen-bond donors (Lipinski definition) is 0. The monoisotopic (exact) mass is 858 g/mol. The predicted octanol–water partition coefficient (Wildman–Crippen LogP) is 15.8. The first-order valence-corrected chi connectivity index (χ1v) is 21.3. The van der Waals surface area contributed by atoms with Crippen LogP contribution in [-0.4, -0.2) is 9.13 Å². The van der Waals surface area contributed by atoms with Gasteiger partial charge < -0.3 is 18.0 Å². The number of hydrogen-bond acceptors (Lipinski definition) is 4. The summed E-state index contributed by atoms with van der Waals surface area (Å²) in [6.45, 7) is 0. The molecule has 0 N–H and O–H groups in total. The van der Waals surface area contributed by atoms with Gasteiger partial charge in [-0.3, -0.25) is 0 Å². The van der Waals surface area contributed by atoms with Gasteiger partial charge in [0.25, 0.3) is 0 Å². The first-order valence-electron chi connectivity index (χ1n) is 21.3. The van der Waals surface area contributed by atoms with E-state index in [1.807, 2.05) is 115 Å². The number of benzene rings is 9. The summed E-state index contributed by atoms with van der Waals surface area (Å²) in [6, 6.07) is 59.6. The van der Waals surface area contributed by atoms with Crippen molar-refractivity contribution in [1.29, 1.82) is 10.5 Å². The van der Waals surface area contributed by atoms with E-state index in [1.54, 1.807) is 0 Å². The van der Waals surface area contributed by atoms with Crippen molar-refractivity contribution in [1.82, 2.24) is 9.13 Å². The number of para-hydroxylation sites is 4. The molecule has 9 heteroatoms. The predicted molar refractivity (Wildman–Crippen MR) is 255 cm³/mol. The Balaban J connectivity index is 1.12. The Hall–Kier alpha value is -9.05. The molecule has 13 rings (SSSR count). The molecule has 310 valence electrons. The maximum Gasteiger partial charge on any atom is 0.416 e. The molecule has 0 unspecified atom stereocenters. The minimum absolute atomic E-state index is 0.121. The van der Waals surface area contributed by atoms with Crippen molar-refractivity contribution in [2.45, 2.75) is 6.18 Å². The molecule has 0 amide bonds. The van der Waals surface area contributed by atoms with E-state index in [4.69, 9.17) is 8.83 Å². The number of rotatable bonds is 4. The highest BCUT2D eigenvalue weighted by atomic mass is 19.4. The van der Waals surface area contributed by atoms with Crippen molar-refractivity contribution in [3.63, 3.8) is 0 Å². The van der Waals surface area contributed by atoms with Crippen LogP contribution in [0.4, 0.5) is 13.2 Å². The number of nitrogens with zero attached hydrogens (tertiary/aromatic N) is 4. The summed E-state index contributed by atoms with van der Waals surface area (Å²) in [5.41, 5.74) is 9.58. The van der Waals surface area contributed by atoms with Gasteiger partial charge in [0.1, 0.15) is 22.3 Å². The van der Waals surface area contributed by atoms with Crippen molar-refractivity contribution in [2.24, 2.45) is 0 Å². The lowest BCUT2D eigenvalue weighted by molar-refractivity contribution is -0.137. The summed E-state index contributed by atoms with van der Waals surface area (Å²) in [5.74, 6) is 0. The Bertz CT molecular complexity index is 4320. The molecule has 0 aliphatic carbocycles. The van der Waals surface area contributed by atoms with Crippen LogP contribution in [0.1, 0.15) is 16.7 Å². The van der Waals surface area contributed by atoms with Gasteiger partial charge in [-0.25, -0.2) is 0 Å².